The SMILES string of the molecule is CC(C)COc1cc(-c2ccccc2)c(-c2nn[nH]n2)cc1C(N)=O. The average molecular weight is 337 g/mol. The molecule has 1 heterocycles. The molecule has 1 amide bonds. The Morgan fingerprint density at radius 1 is 1.20 bits per heavy atom. The first-order chi connectivity index (χ1) is 12.1. The Hall–Kier alpha value is -3.22. The highest BCUT2D eigenvalue weighted by Gasteiger charge is 2.19. The van der Waals surface area contributed by atoms with E-state index in [1.54, 1.807) is 6.07 Å². The van der Waals surface area contributed by atoms with Crippen molar-refractivity contribution in [2.24, 2.45) is 11.7 Å². The lowest BCUT2D eigenvalue weighted by Gasteiger charge is -2.16. The van der Waals surface area contributed by atoms with Crippen LogP contribution >= 0.6 is 0 Å². The molecule has 0 bridgehead atoms. The Bertz CT molecular complexity index is 861. The molecule has 0 aliphatic heterocycles. The molecule has 0 atom stereocenters. The van der Waals surface area contributed by atoms with Gasteiger partial charge >= 0.3 is 0 Å². The molecule has 0 fully saturated rings. The highest BCUT2D eigenvalue weighted by Crippen LogP contribution is 2.36. The lowest BCUT2D eigenvalue weighted by molar-refractivity contribution is 0.0995. The van der Waals surface area contributed by atoms with Crippen LogP contribution in [0.2, 0.25) is 0 Å². The molecule has 3 rings (SSSR count). The molecule has 1 aromatic heterocycles. The van der Waals surface area contributed by atoms with E-state index in [9.17, 15) is 4.79 Å². The van der Waals surface area contributed by atoms with Gasteiger partial charge in [-0.15, -0.1) is 10.2 Å². The first-order valence-electron chi connectivity index (χ1n) is 7.96. The van der Waals surface area contributed by atoms with Crippen molar-refractivity contribution < 1.29 is 9.53 Å². The van der Waals surface area contributed by atoms with Crippen molar-refractivity contribution in [3.8, 4) is 28.3 Å². The largest absolute Gasteiger partial charge is 0.492 e. The number of ether oxygens (including phenoxy) is 1. The number of hydrogen-bond donors (Lipinski definition) is 2. The number of rotatable bonds is 6. The normalized spacial score (nSPS) is 10.8. The number of carbonyl (C=O) groups excluding carboxylic acids is 1. The molecular formula is C18H19N5O2. The van der Waals surface area contributed by atoms with Crippen molar-refractivity contribution in [2.75, 3.05) is 6.61 Å². The van der Waals surface area contributed by atoms with Crippen molar-refractivity contribution >= 4 is 5.91 Å². The average Bonchev–Trinajstić information content (AvgIpc) is 3.14. The van der Waals surface area contributed by atoms with Crippen molar-refractivity contribution in [1.82, 2.24) is 20.6 Å². The maximum Gasteiger partial charge on any atom is 0.252 e. The number of hydrogen-bond acceptors (Lipinski definition) is 5. The zero-order chi connectivity index (χ0) is 17.8. The molecule has 0 spiro atoms. The van der Waals surface area contributed by atoms with Gasteiger partial charge in [0.1, 0.15) is 5.75 Å². The molecule has 2 aromatic carbocycles. The van der Waals surface area contributed by atoms with Gasteiger partial charge in [0.15, 0.2) is 0 Å². The van der Waals surface area contributed by atoms with Crippen LogP contribution in [0.3, 0.4) is 0 Å². The van der Waals surface area contributed by atoms with Gasteiger partial charge in [-0.3, -0.25) is 4.79 Å². The Morgan fingerprint density at radius 2 is 1.96 bits per heavy atom. The number of tetrazole rings is 1. The molecule has 0 saturated heterocycles. The van der Waals surface area contributed by atoms with E-state index in [2.05, 4.69) is 20.6 Å². The number of nitrogens with one attached hydrogen (secondary N) is 1. The fourth-order valence-corrected chi connectivity index (χ4v) is 2.47. The summed E-state index contributed by atoms with van der Waals surface area (Å²) in [5.41, 5.74) is 8.29. The van der Waals surface area contributed by atoms with Crippen LogP contribution < -0.4 is 10.5 Å². The second kappa shape index (κ2) is 7.12. The number of benzene rings is 2. The maximum atomic E-state index is 11.9. The molecule has 0 aliphatic rings. The van der Waals surface area contributed by atoms with Gasteiger partial charge in [-0.1, -0.05) is 44.2 Å². The first kappa shape index (κ1) is 16.6. The highest BCUT2D eigenvalue weighted by molar-refractivity contribution is 5.99. The molecule has 3 N–H and O–H groups in total. The van der Waals surface area contributed by atoms with E-state index in [1.165, 1.54) is 0 Å². The number of carbonyl (C=O) groups is 1. The molecule has 7 nitrogen and oxygen atoms in total. The second-order valence-corrected chi connectivity index (χ2v) is 6.06. The predicted molar refractivity (Wildman–Crippen MR) is 93.9 cm³/mol. The number of H-pyrrole nitrogens is 1. The highest BCUT2D eigenvalue weighted by atomic mass is 16.5. The predicted octanol–water partition coefficient (Wildman–Crippen LogP) is 2.67. The summed E-state index contributed by atoms with van der Waals surface area (Å²) in [5.74, 6) is 0.588. The second-order valence-electron chi connectivity index (χ2n) is 6.06. The van der Waals surface area contributed by atoms with Crippen molar-refractivity contribution in [1.29, 1.82) is 0 Å². The Balaban J connectivity index is 2.19. The quantitative estimate of drug-likeness (QED) is 0.719. The molecule has 7 heteroatoms. The minimum absolute atomic E-state index is 0.292. The van der Waals surface area contributed by atoms with Gasteiger partial charge in [0.05, 0.1) is 12.2 Å². The van der Waals surface area contributed by atoms with Gasteiger partial charge in [-0.25, -0.2) is 0 Å². The summed E-state index contributed by atoms with van der Waals surface area (Å²) in [6, 6.07) is 13.2. The minimum atomic E-state index is -0.567. The molecule has 128 valence electrons. The van der Waals surface area contributed by atoms with Crippen LogP contribution in [0.1, 0.15) is 24.2 Å². The fraction of sp³-hybridized carbons (Fsp3) is 0.222. The number of amides is 1. The minimum Gasteiger partial charge on any atom is -0.492 e. The molecule has 0 aliphatic carbocycles. The van der Waals surface area contributed by atoms with E-state index in [0.29, 0.717) is 35.2 Å². The molecule has 25 heavy (non-hydrogen) atoms. The van der Waals surface area contributed by atoms with E-state index in [0.717, 1.165) is 11.1 Å². The summed E-state index contributed by atoms with van der Waals surface area (Å²) in [4.78, 5) is 11.9. The van der Waals surface area contributed by atoms with Gasteiger partial charge in [0, 0.05) is 5.56 Å². The lowest BCUT2D eigenvalue weighted by Crippen LogP contribution is -2.15. The molecule has 3 aromatic rings. The van der Waals surface area contributed by atoms with Crippen LogP contribution in [0, 0.1) is 5.92 Å². The lowest BCUT2D eigenvalue weighted by atomic mass is 9.96. The van der Waals surface area contributed by atoms with Gasteiger partial charge in [0.2, 0.25) is 5.82 Å². The van der Waals surface area contributed by atoms with E-state index in [-0.39, 0.29) is 0 Å². The zero-order valence-electron chi connectivity index (χ0n) is 14.1. The fourth-order valence-electron chi connectivity index (χ4n) is 2.47. The van der Waals surface area contributed by atoms with Crippen molar-refractivity contribution in [2.45, 2.75) is 13.8 Å². The maximum absolute atomic E-state index is 11.9. The van der Waals surface area contributed by atoms with E-state index >= 15 is 0 Å². The third-order valence-electron chi connectivity index (χ3n) is 3.63. The summed E-state index contributed by atoms with van der Waals surface area (Å²) < 4.78 is 5.83. The zero-order valence-corrected chi connectivity index (χ0v) is 14.1. The number of aromatic nitrogens is 4. The van der Waals surface area contributed by atoms with E-state index < -0.39 is 5.91 Å². The van der Waals surface area contributed by atoms with Gasteiger partial charge in [-0.2, -0.15) is 5.21 Å². The monoisotopic (exact) mass is 337 g/mol. The molecule has 0 saturated carbocycles. The molecule has 0 unspecified atom stereocenters. The standard InChI is InChI=1S/C18H19N5O2/c1-11(2)10-25-16-9-13(12-6-4-3-5-7-12)14(8-15(16)17(19)24)18-20-22-23-21-18/h3-9,11H,10H2,1-2H3,(H2,19,24)(H,20,21,22,23). The topological polar surface area (TPSA) is 107 Å². The van der Waals surface area contributed by atoms with Crippen LogP contribution in [-0.2, 0) is 0 Å². The number of primary amides is 1. The Kier molecular flexibility index (Phi) is 4.74. The molecule has 0 radical (unpaired) electrons. The van der Waals surface area contributed by atoms with E-state index in [1.807, 2.05) is 50.2 Å². The number of aromatic amines is 1. The Labute approximate surface area is 145 Å². The van der Waals surface area contributed by atoms with Crippen LogP contribution in [0.15, 0.2) is 42.5 Å². The van der Waals surface area contributed by atoms with Crippen LogP contribution in [0.5, 0.6) is 5.75 Å². The van der Waals surface area contributed by atoms with Crippen molar-refractivity contribution in [3.63, 3.8) is 0 Å². The van der Waals surface area contributed by atoms with Crippen LogP contribution in [0.25, 0.3) is 22.5 Å². The van der Waals surface area contributed by atoms with Crippen LogP contribution in [-0.4, -0.2) is 33.1 Å². The third kappa shape index (κ3) is 3.65. The summed E-state index contributed by atoms with van der Waals surface area (Å²) >= 11 is 0. The van der Waals surface area contributed by atoms with Crippen LogP contribution in [0.4, 0.5) is 0 Å². The number of nitrogens with zero attached hydrogens (tertiary/aromatic N) is 3. The smallest absolute Gasteiger partial charge is 0.252 e. The molecular weight excluding hydrogens is 318 g/mol. The van der Waals surface area contributed by atoms with Gasteiger partial charge < -0.3 is 10.5 Å². The summed E-state index contributed by atoms with van der Waals surface area (Å²) in [5, 5.41) is 14.1. The summed E-state index contributed by atoms with van der Waals surface area (Å²) in [6.45, 7) is 4.56. The number of nitrogens with two attached hydrogens (primary N) is 1. The first-order valence-corrected chi connectivity index (χ1v) is 7.96. The Morgan fingerprint density at radius 3 is 2.56 bits per heavy atom. The summed E-state index contributed by atoms with van der Waals surface area (Å²) in [7, 11) is 0. The third-order valence-corrected chi connectivity index (χ3v) is 3.63. The summed E-state index contributed by atoms with van der Waals surface area (Å²) in [6.07, 6.45) is 0. The van der Waals surface area contributed by atoms with E-state index in [4.69, 9.17) is 10.5 Å². The van der Waals surface area contributed by atoms with Gasteiger partial charge in [0.25, 0.3) is 5.91 Å². The van der Waals surface area contributed by atoms with Crippen molar-refractivity contribution in [3.05, 3.63) is 48.0 Å². The van der Waals surface area contributed by atoms with Gasteiger partial charge in [-0.05, 0) is 34.4 Å².